The molecule has 1 aromatic rings. The summed E-state index contributed by atoms with van der Waals surface area (Å²) in [4.78, 5) is 0. The van der Waals surface area contributed by atoms with E-state index in [9.17, 15) is 8.78 Å². The van der Waals surface area contributed by atoms with Crippen LogP contribution in [0.4, 0.5) is 8.78 Å². The summed E-state index contributed by atoms with van der Waals surface area (Å²) < 4.78 is 26.8. The Labute approximate surface area is 87.3 Å². The van der Waals surface area contributed by atoms with E-state index in [4.69, 9.17) is 5.26 Å². The van der Waals surface area contributed by atoms with E-state index in [1.54, 1.807) is 6.07 Å². The lowest BCUT2D eigenvalue weighted by molar-refractivity contribution is 0.578. The maximum atomic E-state index is 13.5. The van der Waals surface area contributed by atoms with Crippen LogP contribution >= 0.6 is 0 Å². The van der Waals surface area contributed by atoms with Crippen LogP contribution in [-0.4, -0.2) is 0 Å². The lowest BCUT2D eigenvalue weighted by atomic mass is 10.0. The first-order valence-electron chi connectivity index (χ1n) is 5.06. The van der Waals surface area contributed by atoms with E-state index in [2.05, 4.69) is 0 Å². The maximum Gasteiger partial charge on any atom is 0.141 e. The molecular weight excluding hydrogens is 196 g/mol. The molecule has 0 amide bonds. The lowest BCUT2D eigenvalue weighted by Gasteiger charge is -2.03. The number of nitrogens with zero attached hydrogens (tertiary/aromatic N) is 1. The van der Waals surface area contributed by atoms with E-state index in [0.29, 0.717) is 11.5 Å². The Bertz CT molecular complexity index is 434. The van der Waals surface area contributed by atoms with Crippen molar-refractivity contribution in [2.24, 2.45) is 5.92 Å². The van der Waals surface area contributed by atoms with Crippen molar-refractivity contribution in [2.45, 2.75) is 25.7 Å². The number of rotatable bonds is 2. The summed E-state index contributed by atoms with van der Waals surface area (Å²) in [6, 6.07) is 3.80. The molecule has 0 heterocycles. The number of hydrogen-bond donors (Lipinski definition) is 0. The summed E-state index contributed by atoms with van der Waals surface area (Å²) in [5.74, 6) is -0.436. The highest BCUT2D eigenvalue weighted by Crippen LogP contribution is 2.50. The maximum absolute atomic E-state index is 13.5. The van der Waals surface area contributed by atoms with Gasteiger partial charge in [-0.2, -0.15) is 5.26 Å². The molecule has 0 unspecified atom stereocenters. The molecule has 0 radical (unpaired) electrons. The smallest absolute Gasteiger partial charge is 0.141 e. The van der Waals surface area contributed by atoms with Crippen LogP contribution in [0.15, 0.2) is 12.1 Å². The van der Waals surface area contributed by atoms with Crippen LogP contribution in [0, 0.1) is 28.9 Å². The Morgan fingerprint density at radius 1 is 1.40 bits per heavy atom. The molecular formula is C12H11F2N. The Morgan fingerprint density at radius 2 is 2.13 bits per heavy atom. The molecule has 0 aliphatic heterocycles. The van der Waals surface area contributed by atoms with Gasteiger partial charge in [0, 0.05) is 0 Å². The highest BCUT2D eigenvalue weighted by molar-refractivity contribution is 5.37. The van der Waals surface area contributed by atoms with E-state index in [-0.39, 0.29) is 11.5 Å². The topological polar surface area (TPSA) is 23.8 Å². The summed E-state index contributed by atoms with van der Waals surface area (Å²) >= 11 is 0. The predicted molar refractivity (Wildman–Crippen MR) is 52.2 cm³/mol. The minimum absolute atomic E-state index is 0.150. The van der Waals surface area contributed by atoms with Crippen LogP contribution in [-0.2, 0) is 0 Å². The molecule has 1 saturated carbocycles. The summed E-state index contributed by atoms with van der Waals surface area (Å²) in [6.45, 7) is 2.04. The molecule has 0 aromatic heterocycles. The van der Waals surface area contributed by atoms with Crippen LogP contribution in [0.5, 0.6) is 0 Å². The second-order valence-electron chi connectivity index (χ2n) is 3.98. The summed E-state index contributed by atoms with van der Waals surface area (Å²) in [5.41, 5.74) is 0.211. The zero-order valence-corrected chi connectivity index (χ0v) is 8.43. The van der Waals surface area contributed by atoms with Crippen molar-refractivity contribution in [1.29, 1.82) is 5.26 Å². The minimum Gasteiger partial charge on any atom is -0.207 e. The van der Waals surface area contributed by atoms with Gasteiger partial charge in [-0.15, -0.1) is 0 Å². The van der Waals surface area contributed by atoms with Gasteiger partial charge in [0.1, 0.15) is 17.7 Å². The van der Waals surface area contributed by atoms with Gasteiger partial charge in [-0.25, -0.2) is 8.78 Å². The second-order valence-corrected chi connectivity index (χ2v) is 3.98. The first-order valence-corrected chi connectivity index (χ1v) is 5.06. The Kier molecular flexibility index (Phi) is 2.44. The van der Waals surface area contributed by atoms with Gasteiger partial charge >= 0.3 is 0 Å². The molecule has 0 saturated heterocycles. The van der Waals surface area contributed by atoms with Gasteiger partial charge in [0.2, 0.25) is 0 Å². The third-order valence-corrected chi connectivity index (χ3v) is 3.05. The molecule has 1 fully saturated rings. The average Bonchev–Trinajstić information content (AvgIpc) is 3.00. The van der Waals surface area contributed by atoms with E-state index < -0.39 is 11.6 Å². The van der Waals surface area contributed by atoms with Gasteiger partial charge in [-0.3, -0.25) is 0 Å². The fourth-order valence-electron chi connectivity index (χ4n) is 2.01. The van der Waals surface area contributed by atoms with E-state index in [1.807, 2.05) is 6.92 Å². The van der Waals surface area contributed by atoms with Crippen LogP contribution < -0.4 is 0 Å². The molecule has 15 heavy (non-hydrogen) atoms. The molecule has 0 bridgehead atoms. The molecule has 2 atom stereocenters. The van der Waals surface area contributed by atoms with Crippen LogP contribution in [0.2, 0.25) is 0 Å². The van der Waals surface area contributed by atoms with Crippen LogP contribution in [0.3, 0.4) is 0 Å². The minimum atomic E-state index is -0.615. The number of hydrogen-bond acceptors (Lipinski definition) is 1. The van der Waals surface area contributed by atoms with Gasteiger partial charge in [0.25, 0.3) is 0 Å². The molecule has 1 aliphatic rings. The van der Waals surface area contributed by atoms with Crippen molar-refractivity contribution < 1.29 is 8.78 Å². The standard InChI is InChI=1S/C12H11F2N/c1-2-7-3-9(7)10-5-11(13)8(6-15)4-12(10)14/h4-5,7,9H,2-3H2,1H3/t7-,9-/m0/s1. The third kappa shape index (κ3) is 1.72. The molecule has 0 N–H and O–H groups in total. The number of halogens is 2. The van der Waals surface area contributed by atoms with Crippen molar-refractivity contribution >= 4 is 0 Å². The van der Waals surface area contributed by atoms with Gasteiger partial charge in [0.05, 0.1) is 5.56 Å². The van der Waals surface area contributed by atoms with Gasteiger partial charge in [-0.05, 0) is 36.0 Å². The molecule has 1 aromatic carbocycles. The Hall–Kier alpha value is -1.43. The molecule has 3 heteroatoms. The molecule has 1 nitrogen and oxygen atoms in total. The molecule has 1 aliphatic carbocycles. The molecule has 0 spiro atoms. The second kappa shape index (κ2) is 3.62. The highest BCUT2D eigenvalue weighted by Gasteiger charge is 2.38. The zero-order valence-electron chi connectivity index (χ0n) is 8.43. The average molecular weight is 207 g/mol. The number of nitriles is 1. The van der Waals surface area contributed by atoms with Crippen molar-refractivity contribution in [2.75, 3.05) is 0 Å². The van der Waals surface area contributed by atoms with Gasteiger partial charge in [0.15, 0.2) is 0 Å². The van der Waals surface area contributed by atoms with Crippen LogP contribution in [0.25, 0.3) is 0 Å². The predicted octanol–water partition coefficient (Wildman–Crippen LogP) is 3.35. The van der Waals surface area contributed by atoms with Gasteiger partial charge < -0.3 is 0 Å². The lowest BCUT2D eigenvalue weighted by Crippen LogP contribution is -1.94. The van der Waals surface area contributed by atoms with Crippen molar-refractivity contribution in [3.8, 4) is 6.07 Å². The first-order chi connectivity index (χ1) is 7.17. The third-order valence-electron chi connectivity index (χ3n) is 3.05. The van der Waals surface area contributed by atoms with E-state index in [0.717, 1.165) is 18.9 Å². The summed E-state index contributed by atoms with van der Waals surface area (Å²) in [7, 11) is 0. The Morgan fingerprint density at radius 3 is 2.67 bits per heavy atom. The largest absolute Gasteiger partial charge is 0.207 e. The highest BCUT2D eigenvalue weighted by atomic mass is 19.1. The monoisotopic (exact) mass is 207 g/mol. The number of benzene rings is 1. The van der Waals surface area contributed by atoms with E-state index >= 15 is 0 Å². The fourth-order valence-corrected chi connectivity index (χ4v) is 2.01. The zero-order chi connectivity index (χ0) is 11.0. The quantitative estimate of drug-likeness (QED) is 0.729. The fraction of sp³-hybridized carbons (Fsp3) is 0.417. The first kappa shape index (κ1) is 10.1. The SMILES string of the molecule is CC[C@H]1C[C@@H]1c1cc(F)c(C#N)cc1F. The van der Waals surface area contributed by atoms with E-state index in [1.165, 1.54) is 6.07 Å². The molecule has 2 rings (SSSR count). The normalized spacial score (nSPS) is 23.6. The van der Waals surface area contributed by atoms with Crippen LogP contribution in [0.1, 0.15) is 36.8 Å². The Balaban J connectivity index is 2.35. The van der Waals surface area contributed by atoms with Crippen molar-refractivity contribution in [3.63, 3.8) is 0 Å². The van der Waals surface area contributed by atoms with Gasteiger partial charge in [-0.1, -0.05) is 13.3 Å². The van der Waals surface area contributed by atoms with Crippen molar-refractivity contribution in [1.82, 2.24) is 0 Å². The summed E-state index contributed by atoms with van der Waals surface area (Å²) in [5, 5.41) is 8.53. The van der Waals surface area contributed by atoms with Crippen molar-refractivity contribution in [3.05, 3.63) is 34.9 Å². The molecule has 78 valence electrons. The summed E-state index contributed by atoms with van der Waals surface area (Å²) in [6.07, 6.45) is 1.92.